The summed E-state index contributed by atoms with van der Waals surface area (Å²) in [6.07, 6.45) is 0.918. The third kappa shape index (κ3) is 1.21. The van der Waals surface area contributed by atoms with Crippen molar-refractivity contribution in [3.63, 3.8) is 0 Å². The minimum absolute atomic E-state index is 0.107. The lowest BCUT2D eigenvalue weighted by Gasteiger charge is -2.04. The van der Waals surface area contributed by atoms with E-state index in [1.807, 2.05) is 6.92 Å². The third-order valence-electron chi connectivity index (χ3n) is 1.91. The van der Waals surface area contributed by atoms with Gasteiger partial charge in [-0.1, -0.05) is 0 Å². The van der Waals surface area contributed by atoms with Gasteiger partial charge in [0, 0.05) is 13.5 Å². The number of hydrogen-bond acceptors (Lipinski definition) is 2. The molecular weight excluding hydrogens is 130 g/mol. The van der Waals surface area contributed by atoms with Crippen LogP contribution >= 0.6 is 0 Å². The summed E-state index contributed by atoms with van der Waals surface area (Å²) in [5.41, 5.74) is 10.3. The first-order chi connectivity index (χ1) is 4.58. The molecule has 0 aromatic carbocycles. The predicted octanol–water partition coefficient (Wildman–Crippen LogP) is -0.563. The molecule has 0 heterocycles. The molecule has 1 rings (SSSR count). The van der Waals surface area contributed by atoms with Crippen LogP contribution in [-0.2, 0) is 4.74 Å². The van der Waals surface area contributed by atoms with Crippen LogP contribution in [0, 0.1) is 0 Å². The minimum Gasteiger partial charge on any atom is -0.376 e. The second-order valence-corrected chi connectivity index (χ2v) is 2.79. The van der Waals surface area contributed by atoms with Crippen molar-refractivity contribution in [2.75, 3.05) is 7.11 Å². The number of nitrogens with two attached hydrogens (primary N) is 2. The van der Waals surface area contributed by atoms with Crippen molar-refractivity contribution >= 4 is 5.96 Å². The van der Waals surface area contributed by atoms with Crippen LogP contribution < -0.4 is 11.5 Å². The van der Waals surface area contributed by atoms with E-state index in [0.717, 1.165) is 6.42 Å². The fourth-order valence-corrected chi connectivity index (χ4v) is 0.906. The van der Waals surface area contributed by atoms with Gasteiger partial charge in [-0.3, -0.25) is 0 Å². The Kier molecular flexibility index (Phi) is 1.56. The summed E-state index contributed by atoms with van der Waals surface area (Å²) < 4.78 is 5.14. The fraction of sp³-hybridized carbons (Fsp3) is 0.833. The van der Waals surface area contributed by atoms with E-state index >= 15 is 0 Å². The molecule has 1 fully saturated rings. The maximum absolute atomic E-state index is 5.18. The van der Waals surface area contributed by atoms with E-state index in [9.17, 15) is 0 Å². The molecule has 0 aromatic rings. The van der Waals surface area contributed by atoms with Crippen LogP contribution in [0.4, 0.5) is 0 Å². The molecule has 1 aliphatic carbocycles. The van der Waals surface area contributed by atoms with E-state index in [4.69, 9.17) is 16.2 Å². The first kappa shape index (κ1) is 7.34. The van der Waals surface area contributed by atoms with E-state index in [-0.39, 0.29) is 17.6 Å². The zero-order valence-corrected chi connectivity index (χ0v) is 6.29. The Morgan fingerprint density at radius 2 is 2.30 bits per heavy atom. The Balaban J connectivity index is 2.45. The van der Waals surface area contributed by atoms with E-state index in [1.54, 1.807) is 7.11 Å². The molecule has 1 saturated carbocycles. The van der Waals surface area contributed by atoms with Gasteiger partial charge in [0.05, 0.1) is 11.6 Å². The number of aliphatic imine (C=N–C) groups is 1. The second kappa shape index (κ2) is 2.12. The topological polar surface area (TPSA) is 73.6 Å². The summed E-state index contributed by atoms with van der Waals surface area (Å²) >= 11 is 0. The molecule has 0 amide bonds. The van der Waals surface area contributed by atoms with Gasteiger partial charge >= 0.3 is 0 Å². The van der Waals surface area contributed by atoms with Crippen LogP contribution in [-0.4, -0.2) is 24.7 Å². The standard InChI is InChI=1S/C6H13N3O/c1-6(10-2)3-4(6)9-5(7)8/h4H,3H2,1-2H3,(H4,7,8,9). The molecule has 2 atom stereocenters. The third-order valence-corrected chi connectivity index (χ3v) is 1.91. The maximum Gasteiger partial charge on any atom is 0.186 e. The van der Waals surface area contributed by atoms with E-state index in [0.29, 0.717) is 0 Å². The molecule has 4 nitrogen and oxygen atoms in total. The monoisotopic (exact) mass is 143 g/mol. The highest BCUT2D eigenvalue weighted by atomic mass is 16.5. The van der Waals surface area contributed by atoms with Crippen LogP contribution in [0.25, 0.3) is 0 Å². The van der Waals surface area contributed by atoms with Crippen molar-refractivity contribution < 1.29 is 4.74 Å². The van der Waals surface area contributed by atoms with E-state index < -0.39 is 0 Å². The molecule has 4 N–H and O–H groups in total. The molecule has 0 saturated heterocycles. The van der Waals surface area contributed by atoms with Gasteiger partial charge in [-0.2, -0.15) is 0 Å². The number of nitrogens with zero attached hydrogens (tertiary/aromatic N) is 1. The summed E-state index contributed by atoms with van der Waals surface area (Å²) in [5, 5.41) is 0. The Morgan fingerprint density at radius 3 is 2.60 bits per heavy atom. The molecule has 0 aromatic heterocycles. The van der Waals surface area contributed by atoms with Crippen LogP contribution in [0.2, 0.25) is 0 Å². The largest absolute Gasteiger partial charge is 0.376 e. The summed E-state index contributed by atoms with van der Waals surface area (Å²) in [4.78, 5) is 3.96. The summed E-state index contributed by atoms with van der Waals surface area (Å²) in [6.45, 7) is 1.99. The van der Waals surface area contributed by atoms with Crippen molar-refractivity contribution in [1.82, 2.24) is 0 Å². The van der Waals surface area contributed by atoms with E-state index in [2.05, 4.69) is 4.99 Å². The Morgan fingerprint density at radius 1 is 1.70 bits per heavy atom. The van der Waals surface area contributed by atoms with Crippen molar-refractivity contribution in [1.29, 1.82) is 0 Å². The van der Waals surface area contributed by atoms with E-state index in [1.165, 1.54) is 0 Å². The zero-order chi connectivity index (χ0) is 7.78. The van der Waals surface area contributed by atoms with Crippen LogP contribution in [0.15, 0.2) is 4.99 Å². The van der Waals surface area contributed by atoms with Crippen molar-refractivity contribution in [3.8, 4) is 0 Å². The summed E-state index contributed by atoms with van der Waals surface area (Å²) in [7, 11) is 1.67. The first-order valence-electron chi connectivity index (χ1n) is 3.22. The number of guanidine groups is 1. The summed E-state index contributed by atoms with van der Waals surface area (Å²) in [5.74, 6) is 0.144. The molecule has 2 unspecified atom stereocenters. The lowest BCUT2D eigenvalue weighted by atomic mass is 10.4. The van der Waals surface area contributed by atoms with Gasteiger partial charge in [0.15, 0.2) is 5.96 Å². The van der Waals surface area contributed by atoms with Gasteiger partial charge in [-0.15, -0.1) is 0 Å². The van der Waals surface area contributed by atoms with Crippen molar-refractivity contribution in [2.45, 2.75) is 25.0 Å². The molecule has 0 radical (unpaired) electrons. The Bertz CT molecular complexity index is 164. The van der Waals surface area contributed by atoms with Crippen molar-refractivity contribution in [2.24, 2.45) is 16.5 Å². The SMILES string of the molecule is COC1(C)CC1N=C(N)N. The van der Waals surface area contributed by atoms with Gasteiger partial charge in [0.1, 0.15) is 0 Å². The number of rotatable bonds is 2. The number of methoxy groups -OCH3 is 1. The van der Waals surface area contributed by atoms with Gasteiger partial charge < -0.3 is 16.2 Å². The smallest absolute Gasteiger partial charge is 0.186 e. The first-order valence-corrected chi connectivity index (χ1v) is 3.22. The average Bonchev–Trinajstić information content (AvgIpc) is 2.43. The lowest BCUT2D eigenvalue weighted by molar-refractivity contribution is 0.0919. The van der Waals surface area contributed by atoms with Crippen molar-refractivity contribution in [3.05, 3.63) is 0 Å². The lowest BCUT2D eigenvalue weighted by Crippen LogP contribution is -2.24. The molecule has 10 heavy (non-hydrogen) atoms. The number of ether oxygens (including phenoxy) is 1. The Labute approximate surface area is 60.2 Å². The highest BCUT2D eigenvalue weighted by molar-refractivity contribution is 5.76. The van der Waals surface area contributed by atoms with Crippen LogP contribution in [0.5, 0.6) is 0 Å². The average molecular weight is 143 g/mol. The Hall–Kier alpha value is -0.770. The molecule has 1 aliphatic rings. The molecule has 0 bridgehead atoms. The highest BCUT2D eigenvalue weighted by Gasteiger charge is 2.51. The zero-order valence-electron chi connectivity index (χ0n) is 6.29. The predicted molar refractivity (Wildman–Crippen MR) is 39.6 cm³/mol. The van der Waals surface area contributed by atoms with Gasteiger partial charge in [-0.25, -0.2) is 4.99 Å². The number of hydrogen-bond donors (Lipinski definition) is 2. The van der Waals surface area contributed by atoms with Crippen LogP contribution in [0.1, 0.15) is 13.3 Å². The van der Waals surface area contributed by atoms with Crippen LogP contribution in [0.3, 0.4) is 0 Å². The normalized spacial score (nSPS) is 37.2. The molecule has 58 valence electrons. The molecule has 4 heteroatoms. The minimum atomic E-state index is -0.107. The van der Waals surface area contributed by atoms with Gasteiger partial charge in [0.2, 0.25) is 0 Å². The quantitative estimate of drug-likeness (QED) is 0.402. The molecular formula is C6H13N3O. The fourth-order valence-electron chi connectivity index (χ4n) is 0.906. The molecule has 0 spiro atoms. The van der Waals surface area contributed by atoms with Gasteiger partial charge in [-0.05, 0) is 6.92 Å². The molecule has 0 aliphatic heterocycles. The highest BCUT2D eigenvalue weighted by Crippen LogP contribution is 2.41. The van der Waals surface area contributed by atoms with Gasteiger partial charge in [0.25, 0.3) is 0 Å². The summed E-state index contributed by atoms with van der Waals surface area (Å²) in [6, 6.07) is 0.169. The second-order valence-electron chi connectivity index (χ2n) is 2.79. The maximum atomic E-state index is 5.18.